The van der Waals surface area contributed by atoms with E-state index in [-0.39, 0.29) is 11.6 Å². The van der Waals surface area contributed by atoms with Crippen LogP contribution < -0.4 is 16.4 Å². The fourth-order valence-corrected chi connectivity index (χ4v) is 10.8. The molecule has 0 amide bonds. The van der Waals surface area contributed by atoms with Crippen LogP contribution in [0.25, 0.3) is 0 Å². The molecule has 0 aromatic rings. The fraction of sp³-hybridized carbons (Fsp3) is 0.963. The van der Waals surface area contributed by atoms with Crippen molar-refractivity contribution >= 4 is 5.84 Å². The molecule has 1 heterocycles. The molecule has 9 aliphatic rings. The summed E-state index contributed by atoms with van der Waals surface area (Å²) in [6.45, 7) is 1.23. The van der Waals surface area contributed by atoms with Gasteiger partial charge in [-0.1, -0.05) is 0 Å². The molecule has 1 saturated heterocycles. The van der Waals surface area contributed by atoms with E-state index in [9.17, 15) is 0 Å². The van der Waals surface area contributed by atoms with Gasteiger partial charge in [0.15, 0.2) is 0 Å². The molecule has 31 heavy (non-hydrogen) atoms. The zero-order valence-electron chi connectivity index (χ0n) is 19.5. The second-order valence-electron chi connectivity index (χ2n) is 13.7. The lowest BCUT2D eigenvalue weighted by atomic mass is 9.49. The van der Waals surface area contributed by atoms with E-state index in [0.717, 1.165) is 47.8 Å². The minimum Gasteiger partial charge on any atom is -0.387 e. The molecule has 8 bridgehead atoms. The molecule has 8 aliphatic carbocycles. The maximum atomic E-state index is 6.82. The van der Waals surface area contributed by atoms with Gasteiger partial charge in [0.25, 0.3) is 0 Å². The van der Waals surface area contributed by atoms with Crippen molar-refractivity contribution < 1.29 is 0 Å². The highest BCUT2D eigenvalue weighted by atomic mass is 15.2. The lowest BCUT2D eigenvalue weighted by Gasteiger charge is -2.57. The molecule has 9 fully saturated rings. The number of nitrogens with two attached hydrogens (primary N) is 1. The van der Waals surface area contributed by atoms with Crippen LogP contribution in [0.5, 0.6) is 0 Å². The van der Waals surface area contributed by atoms with Gasteiger partial charge in [-0.3, -0.25) is 10.3 Å². The SMILES string of the molecule is N/C(=N\C1CCCC(NCC23CC4CC(CC(C4)C2)C3)N1)C12CC3CC(CC(C3)C1)C2. The van der Waals surface area contributed by atoms with Crippen molar-refractivity contribution in [2.75, 3.05) is 6.54 Å². The number of piperidine rings is 1. The van der Waals surface area contributed by atoms with Crippen molar-refractivity contribution in [1.29, 1.82) is 0 Å². The van der Waals surface area contributed by atoms with E-state index < -0.39 is 0 Å². The second kappa shape index (κ2) is 7.19. The van der Waals surface area contributed by atoms with E-state index in [1.165, 1.54) is 77.2 Å². The summed E-state index contributed by atoms with van der Waals surface area (Å²) < 4.78 is 0. The highest BCUT2D eigenvalue weighted by molar-refractivity contribution is 5.87. The maximum Gasteiger partial charge on any atom is 0.103 e. The number of aliphatic imine (C=N–C) groups is 1. The fourth-order valence-electron chi connectivity index (χ4n) is 10.8. The van der Waals surface area contributed by atoms with Crippen molar-refractivity contribution in [3.8, 4) is 0 Å². The Morgan fingerprint density at radius 2 is 1.29 bits per heavy atom. The predicted octanol–water partition coefficient (Wildman–Crippen LogP) is 4.79. The molecule has 0 aromatic carbocycles. The largest absolute Gasteiger partial charge is 0.387 e. The van der Waals surface area contributed by atoms with Gasteiger partial charge in [0.1, 0.15) is 12.0 Å². The van der Waals surface area contributed by atoms with Crippen molar-refractivity contribution in [3.63, 3.8) is 0 Å². The van der Waals surface area contributed by atoms with Crippen molar-refractivity contribution in [1.82, 2.24) is 10.6 Å². The van der Waals surface area contributed by atoms with Crippen LogP contribution in [0.4, 0.5) is 0 Å². The summed E-state index contributed by atoms with van der Waals surface area (Å²) in [5.41, 5.74) is 7.69. The third-order valence-electron chi connectivity index (χ3n) is 11.1. The monoisotopic (exact) mass is 424 g/mol. The molecule has 0 spiro atoms. The zero-order chi connectivity index (χ0) is 20.6. The Bertz CT molecular complexity index is 671. The van der Waals surface area contributed by atoms with Crippen molar-refractivity contribution in [2.45, 2.75) is 109 Å². The molecule has 172 valence electrons. The van der Waals surface area contributed by atoms with Gasteiger partial charge in [-0.25, -0.2) is 0 Å². The van der Waals surface area contributed by atoms with E-state index in [2.05, 4.69) is 10.6 Å². The minimum absolute atomic E-state index is 0.232. The number of nitrogens with one attached hydrogen (secondary N) is 2. The van der Waals surface area contributed by atoms with Gasteiger partial charge in [0.2, 0.25) is 0 Å². The summed E-state index contributed by atoms with van der Waals surface area (Å²) in [6.07, 6.45) is 21.9. The number of hydrogen-bond donors (Lipinski definition) is 3. The lowest BCUT2D eigenvalue weighted by Crippen LogP contribution is -2.57. The molecule has 4 N–H and O–H groups in total. The van der Waals surface area contributed by atoms with Gasteiger partial charge in [-0.05, 0) is 137 Å². The Balaban J connectivity index is 0.995. The lowest BCUT2D eigenvalue weighted by molar-refractivity contribution is -0.0535. The molecule has 0 radical (unpaired) electrons. The second-order valence-corrected chi connectivity index (χ2v) is 13.7. The van der Waals surface area contributed by atoms with Gasteiger partial charge in [0.05, 0.1) is 6.17 Å². The number of amidine groups is 1. The minimum atomic E-state index is 0.232. The Morgan fingerprint density at radius 1 is 0.774 bits per heavy atom. The van der Waals surface area contributed by atoms with Gasteiger partial charge < -0.3 is 11.1 Å². The third kappa shape index (κ3) is 3.50. The topological polar surface area (TPSA) is 62.4 Å². The third-order valence-corrected chi connectivity index (χ3v) is 11.1. The highest BCUT2D eigenvalue weighted by Gasteiger charge is 2.53. The number of rotatable bonds is 5. The van der Waals surface area contributed by atoms with Crippen LogP contribution in [0.2, 0.25) is 0 Å². The summed E-state index contributed by atoms with van der Waals surface area (Å²) in [6, 6.07) is 0. The van der Waals surface area contributed by atoms with Crippen LogP contribution in [0.1, 0.15) is 96.3 Å². The van der Waals surface area contributed by atoms with Gasteiger partial charge in [-0.2, -0.15) is 0 Å². The summed E-state index contributed by atoms with van der Waals surface area (Å²) in [7, 11) is 0. The predicted molar refractivity (Wildman–Crippen MR) is 125 cm³/mol. The highest BCUT2D eigenvalue weighted by Crippen LogP contribution is 2.61. The molecule has 4 heteroatoms. The number of nitrogens with zero attached hydrogens (tertiary/aromatic N) is 1. The summed E-state index contributed by atoms with van der Waals surface area (Å²) in [5.74, 6) is 6.97. The standard InChI is InChI=1S/C27H44N4/c28-25(27-13-20-7-21(14-27)9-22(8-20)15-27)31-24-3-1-2-23(30-24)29-16-26-10-17-4-18(11-26)6-19(5-17)12-26/h17-24,29-30H,1-16H2,(H2,28,31). The van der Waals surface area contributed by atoms with Gasteiger partial charge in [0, 0.05) is 12.0 Å². The van der Waals surface area contributed by atoms with Gasteiger partial charge >= 0.3 is 0 Å². The van der Waals surface area contributed by atoms with Crippen LogP contribution in [0, 0.1) is 46.3 Å². The maximum absolute atomic E-state index is 6.82. The quantitative estimate of drug-likeness (QED) is 0.439. The molecule has 1 aliphatic heterocycles. The van der Waals surface area contributed by atoms with Crippen molar-refractivity contribution in [2.24, 2.45) is 57.1 Å². The van der Waals surface area contributed by atoms with E-state index in [1.807, 2.05) is 0 Å². The molecule has 9 rings (SSSR count). The number of hydrogen-bond acceptors (Lipinski definition) is 3. The first-order chi connectivity index (χ1) is 15.0. The van der Waals surface area contributed by atoms with Gasteiger partial charge in [-0.15, -0.1) is 0 Å². The zero-order valence-corrected chi connectivity index (χ0v) is 19.5. The first-order valence-electron chi connectivity index (χ1n) is 13.9. The van der Waals surface area contributed by atoms with Crippen LogP contribution in [0.15, 0.2) is 4.99 Å². The summed E-state index contributed by atoms with van der Waals surface area (Å²) in [4.78, 5) is 5.19. The molecule has 0 aromatic heterocycles. The van der Waals surface area contributed by atoms with Crippen LogP contribution in [-0.2, 0) is 0 Å². The summed E-state index contributed by atoms with van der Waals surface area (Å²) in [5, 5.41) is 7.87. The average molecular weight is 425 g/mol. The Hall–Kier alpha value is -0.610. The molecule has 2 atom stereocenters. The first kappa shape index (κ1) is 19.8. The average Bonchev–Trinajstić information content (AvgIpc) is 2.71. The smallest absolute Gasteiger partial charge is 0.103 e. The summed E-state index contributed by atoms with van der Waals surface area (Å²) >= 11 is 0. The molecule has 8 saturated carbocycles. The molecule has 2 unspecified atom stereocenters. The Morgan fingerprint density at radius 3 is 1.84 bits per heavy atom. The molecule has 4 nitrogen and oxygen atoms in total. The van der Waals surface area contributed by atoms with Crippen LogP contribution in [-0.4, -0.2) is 24.7 Å². The molecular formula is C27H44N4. The van der Waals surface area contributed by atoms with E-state index in [0.29, 0.717) is 11.6 Å². The Kier molecular flexibility index (Phi) is 4.60. The molecular weight excluding hydrogens is 380 g/mol. The van der Waals surface area contributed by atoms with E-state index >= 15 is 0 Å². The van der Waals surface area contributed by atoms with Crippen molar-refractivity contribution in [3.05, 3.63) is 0 Å². The van der Waals surface area contributed by atoms with E-state index in [4.69, 9.17) is 10.7 Å². The normalized spacial score (nSPS) is 55.2. The van der Waals surface area contributed by atoms with Crippen LogP contribution in [0.3, 0.4) is 0 Å². The van der Waals surface area contributed by atoms with Crippen LogP contribution >= 0.6 is 0 Å². The Labute approximate surface area is 189 Å². The van der Waals surface area contributed by atoms with E-state index in [1.54, 1.807) is 19.3 Å². The first-order valence-corrected chi connectivity index (χ1v) is 13.9.